The third-order valence-electron chi connectivity index (χ3n) is 6.88. The molecule has 1 N–H and O–H groups in total. The van der Waals surface area contributed by atoms with Gasteiger partial charge in [-0.1, -0.05) is 42.5 Å². The van der Waals surface area contributed by atoms with Crippen molar-refractivity contribution in [3.63, 3.8) is 0 Å². The molecule has 0 aromatic heterocycles. The summed E-state index contributed by atoms with van der Waals surface area (Å²) in [6, 6.07) is 22.3. The Kier molecular flexibility index (Phi) is 7.45. The number of rotatable bonds is 8. The SMILES string of the molecule is COc1cccc(-c2ccc(O[C@@H]3OC(C)(C)[C@H](OC)[C@H]4OC(=O)O[C@@H]34)cc2C(=O)NCc2ccccc2)c1. The minimum absolute atomic E-state index is 0.278. The molecule has 2 aliphatic heterocycles. The summed E-state index contributed by atoms with van der Waals surface area (Å²) < 4.78 is 34.1. The molecular weight excluding hydrogens is 502 g/mol. The quantitative estimate of drug-likeness (QED) is 0.415. The summed E-state index contributed by atoms with van der Waals surface area (Å²) in [7, 11) is 3.12. The van der Waals surface area contributed by atoms with E-state index in [1.807, 2.05) is 74.5 Å². The first-order chi connectivity index (χ1) is 18.8. The van der Waals surface area contributed by atoms with E-state index >= 15 is 0 Å². The molecule has 5 rings (SSSR count). The second kappa shape index (κ2) is 11.0. The van der Waals surface area contributed by atoms with Gasteiger partial charge in [0.05, 0.1) is 18.3 Å². The first kappa shape index (κ1) is 26.5. The van der Waals surface area contributed by atoms with Crippen molar-refractivity contribution in [3.05, 3.63) is 83.9 Å². The molecule has 2 saturated heterocycles. The van der Waals surface area contributed by atoms with Crippen LogP contribution in [-0.4, -0.2) is 56.5 Å². The van der Waals surface area contributed by atoms with Gasteiger partial charge in [-0.3, -0.25) is 4.79 Å². The lowest BCUT2D eigenvalue weighted by molar-refractivity contribution is -0.282. The minimum Gasteiger partial charge on any atom is -0.497 e. The molecule has 0 spiro atoms. The molecule has 2 heterocycles. The van der Waals surface area contributed by atoms with Crippen LogP contribution in [0.3, 0.4) is 0 Å². The van der Waals surface area contributed by atoms with E-state index in [1.165, 1.54) is 7.11 Å². The fourth-order valence-electron chi connectivity index (χ4n) is 5.00. The summed E-state index contributed by atoms with van der Waals surface area (Å²) in [4.78, 5) is 25.5. The highest BCUT2D eigenvalue weighted by Gasteiger charge is 2.58. The molecule has 4 atom stereocenters. The Labute approximate surface area is 226 Å². The number of amides is 1. The number of carbonyl (C=O) groups is 2. The van der Waals surface area contributed by atoms with E-state index in [0.29, 0.717) is 29.2 Å². The first-order valence-electron chi connectivity index (χ1n) is 12.6. The molecule has 9 nitrogen and oxygen atoms in total. The third kappa shape index (κ3) is 5.55. The lowest BCUT2D eigenvalue weighted by Gasteiger charge is -2.45. The predicted octanol–water partition coefficient (Wildman–Crippen LogP) is 4.72. The van der Waals surface area contributed by atoms with Gasteiger partial charge in [0.2, 0.25) is 12.4 Å². The summed E-state index contributed by atoms with van der Waals surface area (Å²) in [5, 5.41) is 2.99. The number of methoxy groups -OCH3 is 2. The number of benzene rings is 3. The monoisotopic (exact) mass is 533 g/mol. The zero-order valence-corrected chi connectivity index (χ0v) is 22.2. The van der Waals surface area contributed by atoms with Gasteiger partial charge in [0.25, 0.3) is 5.91 Å². The molecule has 0 aliphatic carbocycles. The van der Waals surface area contributed by atoms with Gasteiger partial charge in [-0.2, -0.15) is 0 Å². The van der Waals surface area contributed by atoms with Gasteiger partial charge in [0.1, 0.15) is 17.6 Å². The number of fused-ring (bicyclic) bond motifs is 1. The molecule has 3 aromatic rings. The Hall–Kier alpha value is -4.08. The van der Waals surface area contributed by atoms with Crippen molar-refractivity contribution < 1.29 is 38.0 Å². The highest BCUT2D eigenvalue weighted by molar-refractivity contribution is 6.01. The highest BCUT2D eigenvalue weighted by atomic mass is 16.8. The van der Waals surface area contributed by atoms with Crippen LogP contribution in [0.5, 0.6) is 11.5 Å². The normalized spacial score (nSPS) is 23.2. The van der Waals surface area contributed by atoms with E-state index < -0.39 is 36.4 Å². The van der Waals surface area contributed by atoms with Crippen molar-refractivity contribution in [2.45, 2.75) is 50.6 Å². The molecule has 0 unspecified atom stereocenters. The van der Waals surface area contributed by atoms with Crippen LogP contribution in [0, 0.1) is 0 Å². The van der Waals surface area contributed by atoms with Crippen LogP contribution in [0.15, 0.2) is 72.8 Å². The smallest absolute Gasteiger partial charge is 0.497 e. The Morgan fingerprint density at radius 2 is 1.69 bits per heavy atom. The zero-order valence-electron chi connectivity index (χ0n) is 22.2. The Balaban J connectivity index is 1.46. The second-order valence-electron chi connectivity index (χ2n) is 9.89. The van der Waals surface area contributed by atoms with E-state index in [9.17, 15) is 9.59 Å². The van der Waals surface area contributed by atoms with Crippen LogP contribution >= 0.6 is 0 Å². The zero-order chi connectivity index (χ0) is 27.6. The van der Waals surface area contributed by atoms with E-state index in [1.54, 1.807) is 19.2 Å². The summed E-state index contributed by atoms with van der Waals surface area (Å²) >= 11 is 0. The Morgan fingerprint density at radius 1 is 0.923 bits per heavy atom. The molecule has 2 aliphatic rings. The minimum atomic E-state index is -0.981. The number of carbonyl (C=O) groups excluding carboxylic acids is 2. The maximum atomic E-state index is 13.5. The largest absolute Gasteiger partial charge is 0.509 e. The number of hydrogen-bond donors (Lipinski definition) is 1. The van der Waals surface area contributed by atoms with Crippen molar-refractivity contribution in [2.24, 2.45) is 0 Å². The van der Waals surface area contributed by atoms with Crippen LogP contribution in [-0.2, 0) is 25.5 Å². The molecule has 204 valence electrons. The average molecular weight is 534 g/mol. The molecule has 39 heavy (non-hydrogen) atoms. The first-order valence-corrected chi connectivity index (χ1v) is 12.6. The Bertz CT molecular complexity index is 1340. The number of nitrogens with one attached hydrogen (secondary N) is 1. The van der Waals surface area contributed by atoms with Crippen molar-refractivity contribution in [3.8, 4) is 22.6 Å². The number of ether oxygens (including phenoxy) is 6. The predicted molar refractivity (Wildman–Crippen MR) is 142 cm³/mol. The van der Waals surface area contributed by atoms with Crippen LogP contribution in [0.4, 0.5) is 4.79 Å². The van der Waals surface area contributed by atoms with Crippen LogP contribution in [0.25, 0.3) is 11.1 Å². The van der Waals surface area contributed by atoms with Crippen LogP contribution < -0.4 is 14.8 Å². The second-order valence-corrected chi connectivity index (χ2v) is 9.89. The topological polar surface area (TPSA) is 102 Å². The average Bonchev–Trinajstić information content (AvgIpc) is 3.33. The fourth-order valence-corrected chi connectivity index (χ4v) is 5.00. The molecule has 9 heteroatoms. The van der Waals surface area contributed by atoms with Crippen molar-refractivity contribution >= 4 is 12.1 Å². The molecule has 0 radical (unpaired) electrons. The summed E-state index contributed by atoms with van der Waals surface area (Å²) in [6.07, 6.45) is -3.89. The van der Waals surface area contributed by atoms with Gasteiger partial charge < -0.3 is 33.7 Å². The summed E-state index contributed by atoms with van der Waals surface area (Å²) in [5.41, 5.74) is 2.04. The maximum absolute atomic E-state index is 13.5. The summed E-state index contributed by atoms with van der Waals surface area (Å²) in [6.45, 7) is 4.01. The molecule has 0 saturated carbocycles. The van der Waals surface area contributed by atoms with E-state index in [0.717, 1.165) is 11.1 Å². The van der Waals surface area contributed by atoms with E-state index in [2.05, 4.69) is 5.32 Å². The standard InChI is InChI=1S/C30H31NO8/c1-30(2)26(35-4)24-25(38-29(33)37-24)28(39-30)36-21-13-14-22(19-11-8-12-20(15-19)34-3)23(16-21)27(32)31-17-18-9-6-5-7-10-18/h5-16,24-26,28H,17H2,1-4H3,(H,31,32)/t24-,25+,26+,28+/m0/s1. The van der Waals surface area contributed by atoms with Gasteiger partial charge in [-0.25, -0.2) is 4.79 Å². The van der Waals surface area contributed by atoms with Crippen LogP contribution in [0.2, 0.25) is 0 Å². The summed E-state index contributed by atoms with van der Waals surface area (Å²) in [5.74, 6) is 0.757. The molecule has 2 fully saturated rings. The van der Waals surface area contributed by atoms with Gasteiger partial charge in [-0.05, 0) is 60.9 Å². The van der Waals surface area contributed by atoms with Gasteiger partial charge in [0, 0.05) is 13.7 Å². The van der Waals surface area contributed by atoms with Gasteiger partial charge in [0.15, 0.2) is 6.10 Å². The van der Waals surface area contributed by atoms with Crippen LogP contribution in [0.1, 0.15) is 29.8 Å². The van der Waals surface area contributed by atoms with E-state index in [-0.39, 0.29) is 5.91 Å². The number of hydrogen-bond acceptors (Lipinski definition) is 8. The lowest BCUT2D eigenvalue weighted by Crippen LogP contribution is -2.62. The molecule has 0 bridgehead atoms. The maximum Gasteiger partial charge on any atom is 0.509 e. The lowest BCUT2D eigenvalue weighted by atomic mass is 9.89. The fraction of sp³-hybridized carbons (Fsp3) is 0.333. The molecule has 1 amide bonds. The highest BCUT2D eigenvalue weighted by Crippen LogP contribution is 2.39. The van der Waals surface area contributed by atoms with E-state index in [4.69, 9.17) is 28.4 Å². The van der Waals surface area contributed by atoms with Crippen molar-refractivity contribution in [2.75, 3.05) is 14.2 Å². The van der Waals surface area contributed by atoms with Gasteiger partial charge in [-0.15, -0.1) is 0 Å². The van der Waals surface area contributed by atoms with Crippen molar-refractivity contribution in [1.82, 2.24) is 5.32 Å². The molecule has 3 aromatic carbocycles. The van der Waals surface area contributed by atoms with Gasteiger partial charge >= 0.3 is 6.16 Å². The molecular formula is C30H31NO8. The van der Waals surface area contributed by atoms with Crippen molar-refractivity contribution in [1.29, 1.82) is 0 Å². The third-order valence-corrected chi connectivity index (χ3v) is 6.88. The Morgan fingerprint density at radius 3 is 2.44 bits per heavy atom.